The van der Waals surface area contributed by atoms with Crippen molar-refractivity contribution in [3.8, 4) is 0 Å². The van der Waals surface area contributed by atoms with Gasteiger partial charge in [-0.1, -0.05) is 22.4 Å². The number of nitrogens with zero attached hydrogens (tertiary/aromatic N) is 1. The Bertz CT molecular complexity index is 419. The Morgan fingerprint density at radius 1 is 1.41 bits per heavy atom. The largest absolute Gasteiger partial charge is 0.312 e. The van der Waals surface area contributed by atoms with Crippen LogP contribution in [0.4, 0.5) is 5.69 Å². The van der Waals surface area contributed by atoms with Crippen LogP contribution in [0.2, 0.25) is 0 Å². The first kappa shape index (κ1) is 12.5. The van der Waals surface area contributed by atoms with Crippen LogP contribution in [-0.2, 0) is 6.54 Å². The van der Waals surface area contributed by atoms with Crippen LogP contribution in [-0.4, -0.2) is 11.5 Å². The van der Waals surface area contributed by atoms with Crippen molar-refractivity contribution in [2.45, 2.75) is 25.8 Å². The van der Waals surface area contributed by atoms with Gasteiger partial charge in [-0.2, -0.15) is 0 Å². The zero-order valence-electron chi connectivity index (χ0n) is 9.49. The van der Waals surface area contributed by atoms with E-state index in [0.29, 0.717) is 6.54 Å². The molecule has 0 heterocycles. The molecule has 0 atom stereocenters. The average molecular weight is 299 g/mol. The van der Waals surface area contributed by atoms with Gasteiger partial charge in [-0.3, -0.25) is 10.1 Å². The number of hydrogen-bond donors (Lipinski definition) is 1. The summed E-state index contributed by atoms with van der Waals surface area (Å²) in [5.74, 6) is 0.803. The first-order valence-electron chi connectivity index (χ1n) is 5.80. The minimum Gasteiger partial charge on any atom is -0.312 e. The van der Waals surface area contributed by atoms with Crippen LogP contribution in [0.1, 0.15) is 24.8 Å². The van der Waals surface area contributed by atoms with Crippen molar-refractivity contribution in [1.29, 1.82) is 0 Å². The van der Waals surface area contributed by atoms with E-state index in [9.17, 15) is 10.1 Å². The van der Waals surface area contributed by atoms with Gasteiger partial charge < -0.3 is 5.32 Å². The SMILES string of the molecule is O=[N+]([O-])c1cc(Br)cc(CNCC2CCC2)c1. The van der Waals surface area contributed by atoms with Crippen LogP contribution >= 0.6 is 15.9 Å². The molecule has 5 heteroatoms. The molecule has 1 aromatic carbocycles. The molecule has 1 saturated carbocycles. The maximum Gasteiger partial charge on any atom is 0.270 e. The van der Waals surface area contributed by atoms with E-state index in [-0.39, 0.29) is 10.6 Å². The maximum absolute atomic E-state index is 10.7. The summed E-state index contributed by atoms with van der Waals surface area (Å²) in [4.78, 5) is 10.3. The lowest BCUT2D eigenvalue weighted by atomic mass is 9.85. The smallest absolute Gasteiger partial charge is 0.270 e. The Kier molecular flexibility index (Phi) is 4.12. The minimum atomic E-state index is -0.361. The summed E-state index contributed by atoms with van der Waals surface area (Å²) in [5.41, 5.74) is 1.09. The second-order valence-electron chi connectivity index (χ2n) is 4.50. The number of rotatable bonds is 5. The van der Waals surface area contributed by atoms with Crippen molar-refractivity contribution >= 4 is 21.6 Å². The highest BCUT2D eigenvalue weighted by Gasteiger charge is 2.16. The van der Waals surface area contributed by atoms with Crippen molar-refractivity contribution in [3.05, 3.63) is 38.3 Å². The van der Waals surface area contributed by atoms with E-state index < -0.39 is 0 Å². The van der Waals surface area contributed by atoms with Gasteiger partial charge in [0.1, 0.15) is 0 Å². The first-order valence-corrected chi connectivity index (χ1v) is 6.59. The summed E-state index contributed by atoms with van der Waals surface area (Å²) in [6.07, 6.45) is 3.96. The van der Waals surface area contributed by atoms with Crippen LogP contribution in [0.15, 0.2) is 22.7 Å². The number of nitro groups is 1. The second kappa shape index (κ2) is 5.60. The molecule has 1 aliphatic rings. The van der Waals surface area contributed by atoms with Crippen molar-refractivity contribution in [1.82, 2.24) is 5.32 Å². The molecule has 17 heavy (non-hydrogen) atoms. The molecule has 2 rings (SSSR count). The molecule has 1 aromatic rings. The molecule has 0 bridgehead atoms. The van der Waals surface area contributed by atoms with Gasteiger partial charge >= 0.3 is 0 Å². The molecule has 0 spiro atoms. The number of hydrogen-bond acceptors (Lipinski definition) is 3. The van der Waals surface area contributed by atoms with E-state index in [1.165, 1.54) is 25.3 Å². The Labute approximate surface area is 109 Å². The highest BCUT2D eigenvalue weighted by molar-refractivity contribution is 9.10. The fraction of sp³-hybridized carbons (Fsp3) is 0.500. The van der Waals surface area contributed by atoms with Crippen molar-refractivity contribution < 1.29 is 4.92 Å². The van der Waals surface area contributed by atoms with Gasteiger partial charge in [0.25, 0.3) is 5.69 Å². The molecule has 0 amide bonds. The van der Waals surface area contributed by atoms with Gasteiger partial charge in [0.2, 0.25) is 0 Å². The Morgan fingerprint density at radius 2 is 2.18 bits per heavy atom. The number of benzene rings is 1. The van der Waals surface area contributed by atoms with Gasteiger partial charge in [0, 0.05) is 23.2 Å². The van der Waals surface area contributed by atoms with E-state index in [1.54, 1.807) is 6.07 Å². The maximum atomic E-state index is 10.7. The normalized spacial score (nSPS) is 15.6. The summed E-state index contributed by atoms with van der Waals surface area (Å²) >= 11 is 3.29. The molecule has 1 aliphatic carbocycles. The highest BCUT2D eigenvalue weighted by Crippen LogP contribution is 2.25. The van der Waals surface area contributed by atoms with E-state index in [1.807, 2.05) is 6.07 Å². The van der Waals surface area contributed by atoms with Crippen LogP contribution in [0.5, 0.6) is 0 Å². The van der Waals surface area contributed by atoms with Gasteiger partial charge in [-0.15, -0.1) is 0 Å². The van der Waals surface area contributed by atoms with E-state index in [0.717, 1.165) is 22.5 Å². The molecule has 0 radical (unpaired) electrons. The summed E-state index contributed by atoms with van der Waals surface area (Å²) in [5, 5.41) is 14.1. The molecule has 92 valence electrons. The fourth-order valence-electron chi connectivity index (χ4n) is 1.96. The zero-order chi connectivity index (χ0) is 12.3. The summed E-state index contributed by atoms with van der Waals surface area (Å²) in [7, 11) is 0. The molecule has 4 nitrogen and oxygen atoms in total. The van der Waals surface area contributed by atoms with Gasteiger partial charge in [-0.25, -0.2) is 0 Å². The molecular weight excluding hydrogens is 284 g/mol. The summed E-state index contributed by atoms with van der Waals surface area (Å²) < 4.78 is 0.757. The lowest BCUT2D eigenvalue weighted by Gasteiger charge is -2.25. The predicted octanol–water partition coefficient (Wildman–Crippen LogP) is 3.25. The third-order valence-electron chi connectivity index (χ3n) is 3.14. The predicted molar refractivity (Wildman–Crippen MR) is 69.8 cm³/mol. The number of halogens is 1. The Balaban J connectivity index is 1.92. The van der Waals surface area contributed by atoms with Crippen molar-refractivity contribution in [2.75, 3.05) is 6.54 Å². The first-order chi connectivity index (χ1) is 8.15. The monoisotopic (exact) mass is 298 g/mol. The third kappa shape index (κ3) is 3.51. The van der Waals surface area contributed by atoms with Crippen LogP contribution in [0.3, 0.4) is 0 Å². The topological polar surface area (TPSA) is 55.2 Å². The molecular formula is C12H15BrN2O2. The standard InChI is InChI=1S/C12H15BrN2O2/c13-11-4-10(5-12(6-11)15(16)17)8-14-7-9-2-1-3-9/h4-6,9,14H,1-3,7-8H2. The molecule has 0 aromatic heterocycles. The highest BCUT2D eigenvalue weighted by atomic mass is 79.9. The third-order valence-corrected chi connectivity index (χ3v) is 3.60. The molecule has 0 aliphatic heterocycles. The van der Waals surface area contributed by atoms with Gasteiger partial charge in [0.05, 0.1) is 4.92 Å². The summed E-state index contributed by atoms with van der Waals surface area (Å²) in [6, 6.07) is 5.06. The number of non-ortho nitro benzene ring substituents is 1. The molecule has 1 fully saturated rings. The molecule has 1 N–H and O–H groups in total. The summed E-state index contributed by atoms with van der Waals surface area (Å²) in [6.45, 7) is 1.71. The lowest BCUT2D eigenvalue weighted by Crippen LogP contribution is -2.26. The van der Waals surface area contributed by atoms with Crippen molar-refractivity contribution in [2.24, 2.45) is 5.92 Å². The van der Waals surface area contributed by atoms with E-state index >= 15 is 0 Å². The minimum absolute atomic E-state index is 0.139. The molecule has 0 unspecified atom stereocenters. The van der Waals surface area contributed by atoms with Crippen LogP contribution in [0, 0.1) is 16.0 Å². The van der Waals surface area contributed by atoms with E-state index in [4.69, 9.17) is 0 Å². The Hall–Kier alpha value is -0.940. The fourth-order valence-corrected chi connectivity index (χ4v) is 2.49. The quantitative estimate of drug-likeness (QED) is 0.670. The van der Waals surface area contributed by atoms with Gasteiger partial charge in [0.15, 0.2) is 0 Å². The second-order valence-corrected chi connectivity index (χ2v) is 5.42. The zero-order valence-corrected chi connectivity index (χ0v) is 11.1. The number of nitrogens with one attached hydrogen (secondary N) is 1. The molecule has 0 saturated heterocycles. The van der Waals surface area contributed by atoms with Crippen LogP contribution in [0.25, 0.3) is 0 Å². The van der Waals surface area contributed by atoms with Gasteiger partial charge in [-0.05, 0) is 36.9 Å². The Morgan fingerprint density at radius 3 is 2.76 bits per heavy atom. The number of nitro benzene ring substituents is 1. The lowest BCUT2D eigenvalue weighted by molar-refractivity contribution is -0.385. The van der Waals surface area contributed by atoms with Crippen LogP contribution < -0.4 is 5.32 Å². The van der Waals surface area contributed by atoms with E-state index in [2.05, 4.69) is 21.2 Å². The average Bonchev–Trinajstić information content (AvgIpc) is 2.21. The van der Waals surface area contributed by atoms with Crippen molar-refractivity contribution in [3.63, 3.8) is 0 Å².